The fourth-order valence-electron chi connectivity index (χ4n) is 1.66. The quantitative estimate of drug-likeness (QED) is 0.771. The van der Waals surface area contributed by atoms with Crippen molar-refractivity contribution in [3.05, 3.63) is 11.9 Å². The van der Waals surface area contributed by atoms with Crippen molar-refractivity contribution in [1.82, 2.24) is 15.1 Å². The van der Waals surface area contributed by atoms with Gasteiger partial charge in [-0.05, 0) is 12.3 Å². The number of urea groups is 1. The Labute approximate surface area is 112 Å². The molecular formula is C12H20N4O3. The molecule has 0 aliphatic carbocycles. The van der Waals surface area contributed by atoms with Crippen LogP contribution in [0.3, 0.4) is 0 Å². The van der Waals surface area contributed by atoms with Crippen LogP contribution < -0.4 is 10.6 Å². The highest BCUT2D eigenvalue weighted by molar-refractivity contribution is 5.92. The van der Waals surface area contributed by atoms with Gasteiger partial charge in [-0.25, -0.2) is 9.59 Å². The number of hydrogen-bond donors (Lipinski definition) is 3. The van der Waals surface area contributed by atoms with E-state index in [1.807, 2.05) is 0 Å². The van der Waals surface area contributed by atoms with Gasteiger partial charge >= 0.3 is 12.0 Å². The van der Waals surface area contributed by atoms with Crippen molar-refractivity contribution in [2.24, 2.45) is 12.5 Å². The Morgan fingerprint density at radius 2 is 2.00 bits per heavy atom. The minimum atomic E-state index is -1.06. The normalized spacial score (nSPS) is 12.9. The third-order valence-corrected chi connectivity index (χ3v) is 2.65. The Bertz CT molecular complexity index is 488. The van der Waals surface area contributed by atoms with Gasteiger partial charge in [0.2, 0.25) is 0 Å². The van der Waals surface area contributed by atoms with E-state index in [-0.39, 0.29) is 0 Å². The van der Waals surface area contributed by atoms with Crippen molar-refractivity contribution < 1.29 is 14.7 Å². The lowest BCUT2D eigenvalue weighted by molar-refractivity contribution is -0.141. The average molecular weight is 268 g/mol. The van der Waals surface area contributed by atoms with E-state index in [4.69, 9.17) is 5.11 Å². The number of nitrogens with zero attached hydrogens (tertiary/aromatic N) is 2. The van der Waals surface area contributed by atoms with Gasteiger partial charge in [-0.2, -0.15) is 5.10 Å². The van der Waals surface area contributed by atoms with Crippen LogP contribution in [0.1, 0.15) is 26.5 Å². The van der Waals surface area contributed by atoms with Crippen LogP contribution in [0.25, 0.3) is 0 Å². The zero-order chi connectivity index (χ0) is 14.8. The molecule has 0 aliphatic heterocycles. The van der Waals surface area contributed by atoms with Crippen molar-refractivity contribution in [3.63, 3.8) is 0 Å². The molecule has 7 heteroatoms. The summed E-state index contributed by atoms with van der Waals surface area (Å²) in [6.45, 7) is 7.01. The molecule has 0 bridgehead atoms. The van der Waals surface area contributed by atoms with Gasteiger partial charge in [-0.15, -0.1) is 0 Å². The number of rotatable bonds is 3. The maximum atomic E-state index is 11.8. The molecule has 0 fully saturated rings. The molecule has 0 aliphatic rings. The lowest BCUT2D eigenvalue weighted by Crippen LogP contribution is -2.50. The summed E-state index contributed by atoms with van der Waals surface area (Å²) in [5.41, 5.74) is 0.644. The SMILES string of the molecule is Cc1nn(C)cc1NC(=O)N[C@@H](C(=O)O)C(C)(C)C. The molecule has 2 amide bonds. The molecular weight excluding hydrogens is 248 g/mol. The van der Waals surface area contributed by atoms with E-state index in [9.17, 15) is 9.59 Å². The zero-order valence-electron chi connectivity index (χ0n) is 11.8. The molecule has 1 heterocycles. The highest BCUT2D eigenvalue weighted by atomic mass is 16.4. The number of carbonyl (C=O) groups is 2. The highest BCUT2D eigenvalue weighted by Gasteiger charge is 2.32. The molecule has 1 rings (SSSR count). The Kier molecular flexibility index (Phi) is 4.18. The predicted octanol–water partition coefficient (Wildman–Crippen LogP) is 1.35. The molecule has 0 radical (unpaired) electrons. The number of carbonyl (C=O) groups excluding carboxylic acids is 1. The molecule has 106 valence electrons. The van der Waals surface area contributed by atoms with Crippen LogP contribution in [0.4, 0.5) is 10.5 Å². The second kappa shape index (κ2) is 5.29. The Balaban J connectivity index is 2.74. The largest absolute Gasteiger partial charge is 0.480 e. The molecule has 19 heavy (non-hydrogen) atoms. The molecule has 1 aromatic heterocycles. The molecule has 1 aromatic rings. The summed E-state index contributed by atoms with van der Waals surface area (Å²) in [6.07, 6.45) is 1.65. The maximum Gasteiger partial charge on any atom is 0.326 e. The second-order valence-corrected chi connectivity index (χ2v) is 5.54. The van der Waals surface area contributed by atoms with Crippen LogP contribution >= 0.6 is 0 Å². The third kappa shape index (κ3) is 3.97. The van der Waals surface area contributed by atoms with E-state index in [2.05, 4.69) is 15.7 Å². The Hall–Kier alpha value is -2.05. The number of aromatic nitrogens is 2. The number of hydrogen-bond acceptors (Lipinski definition) is 3. The van der Waals surface area contributed by atoms with Gasteiger partial charge in [0.25, 0.3) is 0 Å². The van der Waals surface area contributed by atoms with Crippen LogP contribution in [0.15, 0.2) is 6.20 Å². The topological polar surface area (TPSA) is 96.3 Å². The lowest BCUT2D eigenvalue weighted by Gasteiger charge is -2.27. The Morgan fingerprint density at radius 1 is 1.42 bits per heavy atom. The number of nitrogens with one attached hydrogen (secondary N) is 2. The molecule has 3 N–H and O–H groups in total. The van der Waals surface area contributed by atoms with Crippen LogP contribution in [-0.2, 0) is 11.8 Å². The average Bonchev–Trinajstić information content (AvgIpc) is 2.52. The van der Waals surface area contributed by atoms with Crippen LogP contribution in [0, 0.1) is 12.3 Å². The number of anilines is 1. The smallest absolute Gasteiger partial charge is 0.326 e. The van der Waals surface area contributed by atoms with Crippen LogP contribution in [-0.4, -0.2) is 32.9 Å². The predicted molar refractivity (Wildman–Crippen MR) is 71.0 cm³/mol. The number of amides is 2. The molecule has 0 spiro atoms. The Morgan fingerprint density at radius 3 is 2.37 bits per heavy atom. The molecule has 0 saturated carbocycles. The second-order valence-electron chi connectivity index (χ2n) is 5.54. The number of aliphatic carboxylic acids is 1. The minimum Gasteiger partial charge on any atom is -0.480 e. The molecule has 7 nitrogen and oxygen atoms in total. The minimum absolute atomic E-state index is 0.554. The first-order chi connectivity index (χ1) is 8.61. The summed E-state index contributed by atoms with van der Waals surface area (Å²) in [5.74, 6) is -1.06. The van der Waals surface area contributed by atoms with Gasteiger partial charge in [-0.1, -0.05) is 20.8 Å². The first-order valence-corrected chi connectivity index (χ1v) is 5.92. The zero-order valence-corrected chi connectivity index (χ0v) is 11.8. The summed E-state index contributed by atoms with van der Waals surface area (Å²) in [5, 5.41) is 18.3. The molecule has 0 aromatic carbocycles. The van der Waals surface area contributed by atoms with Crippen molar-refractivity contribution in [2.45, 2.75) is 33.7 Å². The van der Waals surface area contributed by atoms with E-state index in [0.29, 0.717) is 11.4 Å². The lowest BCUT2D eigenvalue weighted by atomic mass is 9.87. The summed E-state index contributed by atoms with van der Waals surface area (Å²) < 4.78 is 1.57. The van der Waals surface area contributed by atoms with Crippen molar-refractivity contribution in [3.8, 4) is 0 Å². The monoisotopic (exact) mass is 268 g/mol. The fraction of sp³-hybridized carbons (Fsp3) is 0.583. The van der Waals surface area contributed by atoms with Crippen LogP contribution in [0.2, 0.25) is 0 Å². The van der Waals surface area contributed by atoms with Crippen molar-refractivity contribution in [1.29, 1.82) is 0 Å². The van der Waals surface area contributed by atoms with Crippen LogP contribution in [0.5, 0.6) is 0 Å². The van der Waals surface area contributed by atoms with Gasteiger partial charge in [0.05, 0.1) is 11.4 Å². The molecule has 1 atom stereocenters. The van der Waals surface area contributed by atoms with E-state index < -0.39 is 23.5 Å². The van der Waals surface area contributed by atoms with Gasteiger partial charge in [0, 0.05) is 13.2 Å². The van der Waals surface area contributed by atoms with Gasteiger partial charge in [0.1, 0.15) is 6.04 Å². The number of aryl methyl sites for hydroxylation is 2. The van der Waals surface area contributed by atoms with E-state index >= 15 is 0 Å². The molecule has 0 saturated heterocycles. The summed E-state index contributed by atoms with van der Waals surface area (Å²) >= 11 is 0. The number of carboxylic acids is 1. The molecule has 0 unspecified atom stereocenters. The van der Waals surface area contributed by atoms with Gasteiger partial charge < -0.3 is 15.7 Å². The first kappa shape index (κ1) is 15.0. The first-order valence-electron chi connectivity index (χ1n) is 5.92. The third-order valence-electron chi connectivity index (χ3n) is 2.65. The summed E-state index contributed by atoms with van der Waals surface area (Å²) in [7, 11) is 1.74. The van der Waals surface area contributed by atoms with Gasteiger partial charge in [0.15, 0.2) is 0 Å². The van der Waals surface area contributed by atoms with Gasteiger partial charge in [-0.3, -0.25) is 4.68 Å². The van der Waals surface area contributed by atoms with E-state index in [1.165, 1.54) is 0 Å². The van der Waals surface area contributed by atoms with E-state index in [0.717, 1.165) is 0 Å². The highest BCUT2D eigenvalue weighted by Crippen LogP contribution is 2.19. The summed E-state index contributed by atoms with van der Waals surface area (Å²) in [6, 6.07) is -1.53. The number of carboxylic acid groups (broad SMARTS) is 1. The fourth-order valence-corrected chi connectivity index (χ4v) is 1.66. The summed E-state index contributed by atoms with van der Waals surface area (Å²) in [4.78, 5) is 23.0. The standard InChI is InChI=1S/C12H20N4O3/c1-7-8(6-16(5)15-7)13-11(19)14-9(10(17)18)12(2,3)4/h6,9H,1-5H3,(H,17,18)(H2,13,14,19)/t9-/m0/s1. The van der Waals surface area contributed by atoms with Crippen molar-refractivity contribution in [2.75, 3.05) is 5.32 Å². The van der Waals surface area contributed by atoms with Crippen molar-refractivity contribution >= 4 is 17.7 Å². The van der Waals surface area contributed by atoms with E-state index in [1.54, 1.807) is 45.6 Å². The maximum absolute atomic E-state index is 11.8.